The minimum atomic E-state index is -0.178. The van der Waals surface area contributed by atoms with Gasteiger partial charge in [0, 0.05) is 11.1 Å². The number of ketones is 1. The lowest BCUT2D eigenvalue weighted by atomic mass is 10.0. The summed E-state index contributed by atoms with van der Waals surface area (Å²) < 4.78 is 0. The fourth-order valence-corrected chi connectivity index (χ4v) is 1.87. The number of nitrogens with zero attached hydrogens (tertiary/aromatic N) is 2. The number of carbonyl (C=O) groups is 1. The van der Waals surface area contributed by atoms with E-state index in [0.29, 0.717) is 22.5 Å². The molecule has 0 aliphatic carbocycles. The molecular formula is C15H17ClN6O3. The van der Waals surface area contributed by atoms with Gasteiger partial charge in [-0.2, -0.15) is 0 Å². The lowest BCUT2D eigenvalue weighted by Gasteiger charge is -2.03. The summed E-state index contributed by atoms with van der Waals surface area (Å²) in [5.41, 5.74) is 16.0. The lowest BCUT2D eigenvalue weighted by Crippen LogP contribution is -2.27. The Kier molecular flexibility index (Phi) is 7.35. The van der Waals surface area contributed by atoms with Crippen LogP contribution in [0.25, 0.3) is 0 Å². The predicted octanol–water partition coefficient (Wildman–Crippen LogP) is 1.19. The number of hydrogen-bond acceptors (Lipinski definition) is 5. The number of nitrogens with one attached hydrogen (secondary N) is 2. The maximum absolute atomic E-state index is 12.4. The number of rotatable bonds is 4. The largest absolute Gasteiger partial charge is 0.368 e. The summed E-state index contributed by atoms with van der Waals surface area (Å²) in [7, 11) is 0. The molecule has 132 valence electrons. The summed E-state index contributed by atoms with van der Waals surface area (Å²) in [6.07, 6.45) is 0. The molecule has 0 bridgehead atoms. The van der Waals surface area contributed by atoms with E-state index in [9.17, 15) is 4.79 Å². The molecule has 0 atom stereocenters. The van der Waals surface area contributed by atoms with Crippen molar-refractivity contribution in [1.82, 2.24) is 11.0 Å². The Morgan fingerprint density at radius 1 is 0.760 bits per heavy atom. The molecule has 0 saturated carbocycles. The highest BCUT2D eigenvalue weighted by Crippen LogP contribution is 2.18. The second kappa shape index (κ2) is 9.23. The molecule has 2 rings (SSSR count). The van der Waals surface area contributed by atoms with Crippen molar-refractivity contribution in [3.63, 3.8) is 0 Å². The van der Waals surface area contributed by atoms with Gasteiger partial charge in [0.05, 0.1) is 11.4 Å². The molecule has 9 nitrogen and oxygen atoms in total. The fraction of sp³-hybridized carbons (Fsp3) is 0. The van der Waals surface area contributed by atoms with Crippen molar-refractivity contribution in [2.75, 3.05) is 0 Å². The van der Waals surface area contributed by atoms with E-state index in [0.717, 1.165) is 0 Å². The van der Waals surface area contributed by atoms with Crippen molar-refractivity contribution >= 4 is 41.5 Å². The molecule has 0 spiro atoms. The van der Waals surface area contributed by atoms with Crippen LogP contribution >= 0.6 is 12.4 Å². The molecule has 0 heterocycles. The van der Waals surface area contributed by atoms with Crippen molar-refractivity contribution in [2.45, 2.75) is 0 Å². The van der Waals surface area contributed by atoms with Crippen molar-refractivity contribution in [1.29, 1.82) is 0 Å². The standard InChI is InChI=1S/C15H16N6O3.ClH/c16-14(20-23)18-11-5-1-9(2-6-11)13(22)10-3-7-12(8-4-10)19-15(17)21-24;/h1-8,23-24H,(H3,16,18,20)(H3,17,19,21);1H. The van der Waals surface area contributed by atoms with Gasteiger partial charge < -0.3 is 11.5 Å². The normalized spacial score (nSPS) is 11.4. The Morgan fingerprint density at radius 2 is 1.08 bits per heavy atom. The Bertz CT molecular complexity index is 709. The predicted molar refractivity (Wildman–Crippen MR) is 96.0 cm³/mol. The molecule has 0 unspecified atom stereocenters. The summed E-state index contributed by atoms with van der Waals surface area (Å²) in [6, 6.07) is 12.8. The first-order valence-corrected chi connectivity index (χ1v) is 6.77. The van der Waals surface area contributed by atoms with Crippen LogP contribution < -0.4 is 22.4 Å². The van der Waals surface area contributed by atoms with Gasteiger partial charge in [-0.15, -0.1) is 12.4 Å². The number of guanidine groups is 2. The van der Waals surface area contributed by atoms with Crippen LogP contribution in [0, 0.1) is 0 Å². The number of benzene rings is 2. The van der Waals surface area contributed by atoms with E-state index in [2.05, 4.69) is 9.98 Å². The molecule has 0 aliphatic rings. The molecule has 0 saturated heterocycles. The van der Waals surface area contributed by atoms with Gasteiger partial charge in [-0.05, 0) is 48.5 Å². The quantitative estimate of drug-likeness (QED) is 0.206. The van der Waals surface area contributed by atoms with Crippen molar-refractivity contribution in [2.24, 2.45) is 21.5 Å². The van der Waals surface area contributed by atoms with E-state index < -0.39 is 0 Å². The van der Waals surface area contributed by atoms with E-state index in [-0.39, 0.29) is 30.1 Å². The third kappa shape index (κ3) is 5.46. The molecule has 2 aromatic carbocycles. The zero-order valence-corrected chi connectivity index (χ0v) is 13.7. The maximum atomic E-state index is 12.4. The molecule has 0 aliphatic heterocycles. The van der Waals surface area contributed by atoms with Gasteiger partial charge in [0.15, 0.2) is 5.78 Å². The minimum Gasteiger partial charge on any atom is -0.368 e. The second-order valence-electron chi connectivity index (χ2n) is 4.64. The number of carbonyl (C=O) groups excluding carboxylic acids is 1. The molecule has 0 radical (unpaired) electrons. The van der Waals surface area contributed by atoms with Gasteiger partial charge >= 0.3 is 0 Å². The topological polar surface area (TPSA) is 158 Å². The van der Waals surface area contributed by atoms with Gasteiger partial charge in [0.1, 0.15) is 0 Å². The number of halogens is 1. The first-order chi connectivity index (χ1) is 11.5. The van der Waals surface area contributed by atoms with Crippen LogP contribution in [0.3, 0.4) is 0 Å². The summed E-state index contributed by atoms with van der Waals surface area (Å²) in [6.45, 7) is 0. The molecule has 2 aromatic rings. The van der Waals surface area contributed by atoms with Crippen LogP contribution in [-0.2, 0) is 0 Å². The smallest absolute Gasteiger partial charge is 0.218 e. The van der Waals surface area contributed by atoms with Gasteiger partial charge in [-0.3, -0.25) is 15.2 Å². The van der Waals surface area contributed by atoms with Crippen molar-refractivity contribution in [3.8, 4) is 0 Å². The highest BCUT2D eigenvalue weighted by Gasteiger charge is 2.09. The summed E-state index contributed by atoms with van der Waals surface area (Å²) in [5.74, 6) is -0.480. The van der Waals surface area contributed by atoms with E-state index in [1.807, 2.05) is 0 Å². The number of nitrogens with two attached hydrogens (primary N) is 2. The second-order valence-corrected chi connectivity index (χ2v) is 4.64. The van der Waals surface area contributed by atoms with Crippen LogP contribution in [0.5, 0.6) is 0 Å². The average molecular weight is 365 g/mol. The van der Waals surface area contributed by atoms with Crippen molar-refractivity contribution in [3.05, 3.63) is 59.7 Å². The summed E-state index contributed by atoms with van der Waals surface area (Å²) in [5, 5.41) is 17.2. The molecule has 0 aromatic heterocycles. The van der Waals surface area contributed by atoms with E-state index in [1.165, 1.54) is 0 Å². The zero-order chi connectivity index (χ0) is 17.5. The number of hydroxylamine groups is 2. The number of hydrogen-bond donors (Lipinski definition) is 6. The minimum absolute atomic E-state index is 0. The molecule has 8 N–H and O–H groups in total. The van der Waals surface area contributed by atoms with E-state index in [1.54, 1.807) is 59.5 Å². The fourth-order valence-electron chi connectivity index (χ4n) is 1.87. The van der Waals surface area contributed by atoms with Crippen LogP contribution in [0.1, 0.15) is 15.9 Å². The Balaban J connectivity index is 0.00000312. The average Bonchev–Trinajstić information content (AvgIpc) is 2.62. The first-order valence-electron chi connectivity index (χ1n) is 6.77. The zero-order valence-electron chi connectivity index (χ0n) is 12.9. The van der Waals surface area contributed by atoms with Crippen LogP contribution in [0.15, 0.2) is 58.5 Å². The number of aliphatic imine (C=N–C) groups is 2. The van der Waals surface area contributed by atoms with E-state index in [4.69, 9.17) is 21.9 Å². The van der Waals surface area contributed by atoms with Gasteiger partial charge in [0.25, 0.3) is 0 Å². The molecule has 25 heavy (non-hydrogen) atoms. The molecule has 0 fully saturated rings. The Hall–Kier alpha value is -3.14. The third-order valence-electron chi connectivity index (χ3n) is 2.99. The summed E-state index contributed by atoms with van der Waals surface area (Å²) >= 11 is 0. The molecule has 0 amide bonds. The Morgan fingerprint density at radius 3 is 1.36 bits per heavy atom. The molecular weight excluding hydrogens is 348 g/mol. The van der Waals surface area contributed by atoms with Crippen LogP contribution in [0.4, 0.5) is 11.4 Å². The summed E-state index contributed by atoms with van der Waals surface area (Å²) in [4.78, 5) is 20.1. The first kappa shape index (κ1) is 19.9. The maximum Gasteiger partial charge on any atom is 0.218 e. The van der Waals surface area contributed by atoms with E-state index >= 15 is 0 Å². The highest BCUT2D eigenvalue weighted by molar-refractivity contribution is 6.09. The van der Waals surface area contributed by atoms with Crippen molar-refractivity contribution < 1.29 is 15.2 Å². The Labute approximate surface area is 149 Å². The highest BCUT2D eigenvalue weighted by atomic mass is 35.5. The monoisotopic (exact) mass is 364 g/mol. The lowest BCUT2D eigenvalue weighted by molar-refractivity contribution is 0.103. The molecule has 10 heteroatoms. The van der Waals surface area contributed by atoms with Gasteiger partial charge in [-0.1, -0.05) is 0 Å². The van der Waals surface area contributed by atoms with Gasteiger partial charge in [0.2, 0.25) is 11.9 Å². The SMILES string of the molecule is Cl.NC(=Nc1ccc(C(=O)c2ccc(N=C(N)NO)cc2)cc1)NO. The van der Waals surface area contributed by atoms with Gasteiger partial charge in [-0.25, -0.2) is 20.9 Å². The van der Waals surface area contributed by atoms with Crippen LogP contribution in [-0.4, -0.2) is 28.1 Å². The van der Waals surface area contributed by atoms with Crippen LogP contribution in [0.2, 0.25) is 0 Å². The third-order valence-corrected chi connectivity index (χ3v) is 2.99.